The van der Waals surface area contributed by atoms with Gasteiger partial charge in [0.2, 0.25) is 0 Å². The summed E-state index contributed by atoms with van der Waals surface area (Å²) >= 11 is 0. The fourth-order valence-corrected chi connectivity index (χ4v) is 4.29. The van der Waals surface area contributed by atoms with Gasteiger partial charge in [0, 0.05) is 19.1 Å². The molecule has 1 atom stereocenters. The van der Waals surface area contributed by atoms with Crippen LogP contribution in [-0.2, 0) is 4.74 Å². The van der Waals surface area contributed by atoms with Gasteiger partial charge >= 0.3 is 17.9 Å². The summed E-state index contributed by atoms with van der Waals surface area (Å²) < 4.78 is 22.1. The Bertz CT molecular complexity index is 1380. The Kier molecular flexibility index (Phi) is 5.92. The van der Waals surface area contributed by atoms with Gasteiger partial charge in [0.15, 0.2) is 0 Å². The average molecular weight is 488 g/mol. The van der Waals surface area contributed by atoms with E-state index >= 15 is 4.39 Å². The molecule has 2 aromatic rings. The quantitative estimate of drug-likeness (QED) is 0.588. The average Bonchev–Trinajstić information content (AvgIpc) is 3.48. The van der Waals surface area contributed by atoms with Crippen molar-refractivity contribution in [2.45, 2.75) is 57.7 Å². The topological polar surface area (TPSA) is 159 Å². The molecule has 2 heterocycles. The number of nitriles is 1. The number of halogens is 1. The molecular weight excluding hydrogens is 463 g/mol. The minimum Gasteiger partial charge on any atom is -0.464 e. The van der Waals surface area contributed by atoms with Crippen LogP contribution < -0.4 is 26.9 Å². The summed E-state index contributed by atoms with van der Waals surface area (Å²) in [4.78, 5) is 50.7. The number of anilines is 1. The molecule has 186 valence electrons. The predicted octanol–water partition coefficient (Wildman–Crippen LogP) is 1.83. The molecule has 0 bridgehead atoms. The van der Waals surface area contributed by atoms with Gasteiger partial charge in [-0.25, -0.2) is 24.2 Å². The van der Waals surface area contributed by atoms with Crippen molar-refractivity contribution in [1.29, 1.82) is 5.26 Å². The monoisotopic (exact) mass is 488 g/mol. The number of aromatic nitrogens is 2. The van der Waals surface area contributed by atoms with E-state index < -0.39 is 34.9 Å². The number of benzene rings is 1. The fourth-order valence-electron chi connectivity index (χ4n) is 4.29. The zero-order valence-corrected chi connectivity index (χ0v) is 19.4. The first-order valence-electron chi connectivity index (χ1n) is 11.1. The summed E-state index contributed by atoms with van der Waals surface area (Å²) in [6, 6.07) is 2.14. The second-order valence-electron chi connectivity index (χ2n) is 9.61. The highest BCUT2D eigenvalue weighted by molar-refractivity contribution is 5.91. The number of nitrogens with one attached hydrogen (secondary N) is 2. The lowest BCUT2D eigenvalue weighted by atomic mass is 10.1. The number of hydrogen-bond acceptors (Lipinski definition) is 7. The van der Waals surface area contributed by atoms with E-state index in [0.717, 1.165) is 6.07 Å². The van der Waals surface area contributed by atoms with E-state index in [0.29, 0.717) is 30.5 Å². The summed E-state index contributed by atoms with van der Waals surface area (Å²) in [7, 11) is 0. The number of hydrogen-bond donors (Lipinski definition) is 3. The highest BCUT2D eigenvalue weighted by Crippen LogP contribution is 2.39. The lowest BCUT2D eigenvalue weighted by Gasteiger charge is -2.24. The number of ether oxygens (including phenoxy) is 1. The molecule has 1 unspecified atom stereocenters. The Morgan fingerprint density at radius 1 is 1.26 bits per heavy atom. The number of rotatable bonds is 4. The summed E-state index contributed by atoms with van der Waals surface area (Å²) in [5.74, 6) is -0.869. The zero-order chi connectivity index (χ0) is 25.7. The van der Waals surface area contributed by atoms with Crippen molar-refractivity contribution in [2.24, 2.45) is 0 Å². The molecule has 2 aliphatic rings. The van der Waals surface area contributed by atoms with Crippen LogP contribution in [0.4, 0.5) is 19.7 Å². The highest BCUT2D eigenvalue weighted by atomic mass is 19.1. The third kappa shape index (κ3) is 4.64. The molecule has 3 N–H and O–H groups in total. The van der Waals surface area contributed by atoms with Gasteiger partial charge in [-0.15, -0.1) is 0 Å². The van der Waals surface area contributed by atoms with Crippen LogP contribution in [0.1, 0.15) is 51.6 Å². The van der Waals surface area contributed by atoms with Crippen molar-refractivity contribution in [2.75, 3.05) is 23.4 Å². The molecule has 1 aliphatic carbocycles. The lowest BCUT2D eigenvalue weighted by Crippen LogP contribution is -2.46. The molecule has 2 amide bonds. The SMILES string of the molecule is CC(C)(C)OC(=O)NC1CCN(c2c(F)cc3c(=O)n(NC(=O)O)c(=O)n(C4CC4)c3c2C#N)C1. The predicted molar refractivity (Wildman–Crippen MR) is 123 cm³/mol. The van der Waals surface area contributed by atoms with Crippen molar-refractivity contribution in [3.8, 4) is 6.07 Å². The minimum absolute atomic E-state index is 0.0339. The van der Waals surface area contributed by atoms with Crippen LogP contribution in [0.5, 0.6) is 0 Å². The molecule has 1 aromatic heterocycles. The van der Waals surface area contributed by atoms with Gasteiger partial charge in [0.25, 0.3) is 5.56 Å². The molecule has 1 aliphatic heterocycles. The number of amides is 2. The number of fused-ring (bicyclic) bond motifs is 1. The number of alkyl carbamates (subject to hydrolysis) is 1. The molecule has 4 rings (SSSR count). The first kappa shape index (κ1) is 24.1. The molecule has 1 saturated carbocycles. The summed E-state index contributed by atoms with van der Waals surface area (Å²) in [6.07, 6.45) is -0.615. The molecule has 1 saturated heterocycles. The standard InChI is InChI=1S/C22H25FN6O6/c1-22(2,3)35-20(33)25-11-6-7-27(10-11)17-14(9-24)16-13(8-15(17)23)18(30)29(26-19(31)32)21(34)28(16)12-4-5-12/h8,11-12,26H,4-7,10H2,1-3H3,(H,25,33)(H,31,32). The number of carbonyl (C=O) groups is 2. The molecule has 0 radical (unpaired) electrons. The Labute approximate surface area is 198 Å². The van der Waals surface area contributed by atoms with E-state index in [9.17, 15) is 24.4 Å². The number of carbonyl (C=O) groups excluding carboxylic acids is 1. The smallest absolute Gasteiger partial charge is 0.424 e. The Hall–Kier alpha value is -4.08. The number of carboxylic acid groups (broad SMARTS) is 1. The Morgan fingerprint density at radius 2 is 1.94 bits per heavy atom. The molecule has 35 heavy (non-hydrogen) atoms. The maximum Gasteiger partial charge on any atom is 0.424 e. The molecule has 2 fully saturated rings. The van der Waals surface area contributed by atoms with Crippen LogP contribution in [0.25, 0.3) is 10.9 Å². The Morgan fingerprint density at radius 3 is 2.51 bits per heavy atom. The van der Waals surface area contributed by atoms with Crippen LogP contribution in [-0.4, -0.2) is 51.3 Å². The normalized spacial score (nSPS) is 17.8. The largest absolute Gasteiger partial charge is 0.464 e. The maximum atomic E-state index is 15.4. The van der Waals surface area contributed by atoms with E-state index in [-0.39, 0.29) is 40.8 Å². The first-order chi connectivity index (χ1) is 16.4. The Balaban J connectivity index is 1.79. The van der Waals surface area contributed by atoms with Crippen molar-refractivity contribution in [1.82, 2.24) is 14.6 Å². The van der Waals surface area contributed by atoms with Crippen LogP contribution in [0, 0.1) is 17.1 Å². The molecule has 12 nitrogen and oxygen atoms in total. The second kappa shape index (κ2) is 8.61. The van der Waals surface area contributed by atoms with Gasteiger partial charge in [0.05, 0.1) is 22.6 Å². The third-order valence-corrected chi connectivity index (χ3v) is 5.75. The van der Waals surface area contributed by atoms with Crippen molar-refractivity contribution in [3.05, 3.63) is 38.3 Å². The summed E-state index contributed by atoms with van der Waals surface area (Å²) in [6.45, 7) is 5.69. The first-order valence-corrected chi connectivity index (χ1v) is 11.1. The van der Waals surface area contributed by atoms with Crippen LogP contribution in [0.3, 0.4) is 0 Å². The summed E-state index contributed by atoms with van der Waals surface area (Å²) in [5.41, 5.74) is -1.27. The van der Waals surface area contributed by atoms with Crippen molar-refractivity contribution in [3.63, 3.8) is 0 Å². The maximum absolute atomic E-state index is 15.4. The highest BCUT2D eigenvalue weighted by Gasteiger charge is 2.34. The molecule has 0 spiro atoms. The zero-order valence-electron chi connectivity index (χ0n) is 19.4. The molecule has 1 aromatic carbocycles. The van der Waals surface area contributed by atoms with E-state index in [1.54, 1.807) is 31.1 Å². The fraction of sp³-hybridized carbons (Fsp3) is 0.500. The number of nitrogens with zero attached hydrogens (tertiary/aromatic N) is 4. The minimum atomic E-state index is -1.64. The van der Waals surface area contributed by atoms with Crippen LogP contribution >= 0.6 is 0 Å². The molecular formula is C22H25FN6O6. The van der Waals surface area contributed by atoms with E-state index in [1.807, 2.05) is 6.07 Å². The van der Waals surface area contributed by atoms with Gasteiger partial charge in [-0.1, -0.05) is 0 Å². The van der Waals surface area contributed by atoms with Gasteiger partial charge in [-0.3, -0.25) is 9.36 Å². The van der Waals surface area contributed by atoms with Crippen molar-refractivity contribution >= 4 is 28.8 Å². The lowest BCUT2D eigenvalue weighted by molar-refractivity contribution is 0.0509. The van der Waals surface area contributed by atoms with Crippen molar-refractivity contribution < 1.29 is 23.8 Å². The van der Waals surface area contributed by atoms with E-state index in [2.05, 4.69) is 5.32 Å². The van der Waals surface area contributed by atoms with Gasteiger partial charge in [-0.2, -0.15) is 9.94 Å². The van der Waals surface area contributed by atoms with Gasteiger partial charge in [-0.05, 0) is 46.1 Å². The van der Waals surface area contributed by atoms with E-state index in [4.69, 9.17) is 9.84 Å². The van der Waals surface area contributed by atoms with E-state index in [1.165, 1.54) is 4.57 Å². The van der Waals surface area contributed by atoms with Gasteiger partial charge < -0.3 is 20.1 Å². The second-order valence-corrected chi connectivity index (χ2v) is 9.61. The molecule has 13 heteroatoms. The van der Waals surface area contributed by atoms with Crippen LogP contribution in [0.2, 0.25) is 0 Å². The van der Waals surface area contributed by atoms with Gasteiger partial charge in [0.1, 0.15) is 23.1 Å². The van der Waals surface area contributed by atoms with Crippen LogP contribution in [0.15, 0.2) is 15.7 Å². The summed E-state index contributed by atoms with van der Waals surface area (Å²) in [5, 5.41) is 21.5. The third-order valence-electron chi connectivity index (χ3n) is 5.75.